The van der Waals surface area contributed by atoms with Gasteiger partial charge in [-0.2, -0.15) is 0 Å². The van der Waals surface area contributed by atoms with Gasteiger partial charge in [0.1, 0.15) is 0 Å². The first-order valence-electron chi connectivity index (χ1n) is 9.46. The van der Waals surface area contributed by atoms with Crippen molar-refractivity contribution >= 4 is 34.1 Å². The van der Waals surface area contributed by atoms with Crippen LogP contribution in [0.5, 0.6) is 0 Å². The van der Waals surface area contributed by atoms with Crippen LogP contribution in [0.2, 0.25) is 5.02 Å². The van der Waals surface area contributed by atoms with Crippen LogP contribution in [0.3, 0.4) is 0 Å². The number of aromatic amines is 1. The van der Waals surface area contributed by atoms with E-state index < -0.39 is 0 Å². The van der Waals surface area contributed by atoms with Crippen molar-refractivity contribution in [2.24, 2.45) is 0 Å². The SMILES string of the molecule is Nc1ccc(-c2cc(-c3c(-c4ccc(Cl)cc4)[nH]c4ccccc34)nc(N)n2)cc1. The lowest BCUT2D eigenvalue weighted by Gasteiger charge is -2.09. The van der Waals surface area contributed by atoms with E-state index >= 15 is 0 Å². The Morgan fingerprint density at radius 3 is 2.17 bits per heavy atom. The molecule has 30 heavy (non-hydrogen) atoms. The molecule has 6 heteroatoms. The van der Waals surface area contributed by atoms with Crippen LogP contribution in [0.25, 0.3) is 44.7 Å². The lowest BCUT2D eigenvalue weighted by molar-refractivity contribution is 1.19. The molecule has 0 radical (unpaired) electrons. The number of nitrogens with two attached hydrogens (primary N) is 2. The second kappa shape index (κ2) is 7.21. The highest BCUT2D eigenvalue weighted by Gasteiger charge is 2.18. The Morgan fingerprint density at radius 2 is 1.40 bits per heavy atom. The highest BCUT2D eigenvalue weighted by atomic mass is 35.5. The van der Waals surface area contributed by atoms with Crippen LogP contribution in [0.4, 0.5) is 11.6 Å². The third kappa shape index (κ3) is 3.25. The van der Waals surface area contributed by atoms with Crippen molar-refractivity contribution < 1.29 is 0 Å². The van der Waals surface area contributed by atoms with E-state index in [1.54, 1.807) is 0 Å². The summed E-state index contributed by atoms with van der Waals surface area (Å²) in [6.45, 7) is 0. The van der Waals surface area contributed by atoms with Crippen LogP contribution < -0.4 is 11.5 Å². The number of nitrogen functional groups attached to an aromatic ring is 2. The van der Waals surface area contributed by atoms with Crippen molar-refractivity contribution in [1.82, 2.24) is 15.0 Å². The Bertz CT molecular complexity index is 1360. The molecule has 0 aliphatic carbocycles. The fraction of sp³-hybridized carbons (Fsp3) is 0. The van der Waals surface area contributed by atoms with Crippen LogP contribution in [-0.4, -0.2) is 15.0 Å². The standard InChI is InChI=1S/C24H18ClN5/c25-16-9-5-15(6-10-16)23-22(18-3-1-2-4-19(18)28-23)21-13-20(29-24(27)30-21)14-7-11-17(26)12-8-14/h1-13,28H,26H2,(H2,27,29,30). The minimum Gasteiger partial charge on any atom is -0.399 e. The number of anilines is 2. The van der Waals surface area contributed by atoms with Crippen molar-refractivity contribution in [1.29, 1.82) is 0 Å². The average molecular weight is 412 g/mol. The number of H-pyrrole nitrogens is 1. The van der Waals surface area contributed by atoms with Gasteiger partial charge in [-0.1, -0.05) is 54.1 Å². The molecule has 0 bridgehead atoms. The molecule has 0 saturated heterocycles. The molecular weight excluding hydrogens is 394 g/mol. The van der Waals surface area contributed by atoms with E-state index in [0.717, 1.165) is 44.7 Å². The second-order valence-corrected chi connectivity index (χ2v) is 7.48. The largest absolute Gasteiger partial charge is 0.399 e. The van der Waals surface area contributed by atoms with E-state index in [4.69, 9.17) is 23.1 Å². The molecule has 0 saturated carbocycles. The maximum absolute atomic E-state index is 6.11. The first-order chi connectivity index (χ1) is 14.6. The minimum atomic E-state index is 0.215. The number of nitrogens with one attached hydrogen (secondary N) is 1. The monoisotopic (exact) mass is 411 g/mol. The third-order valence-corrected chi connectivity index (χ3v) is 5.30. The summed E-state index contributed by atoms with van der Waals surface area (Å²) in [6, 6.07) is 25.4. The molecule has 0 aliphatic rings. The highest BCUT2D eigenvalue weighted by Crippen LogP contribution is 2.39. The summed E-state index contributed by atoms with van der Waals surface area (Å²) in [7, 11) is 0. The van der Waals surface area contributed by atoms with Crippen molar-refractivity contribution in [2.75, 3.05) is 11.5 Å². The summed E-state index contributed by atoms with van der Waals surface area (Å²) in [4.78, 5) is 12.5. The van der Waals surface area contributed by atoms with E-state index in [2.05, 4.69) is 21.0 Å². The third-order valence-electron chi connectivity index (χ3n) is 5.04. The lowest BCUT2D eigenvalue weighted by atomic mass is 10.0. The van der Waals surface area contributed by atoms with E-state index in [1.165, 1.54) is 0 Å². The first-order valence-corrected chi connectivity index (χ1v) is 9.84. The Labute approximate surface area is 178 Å². The van der Waals surface area contributed by atoms with Crippen LogP contribution in [-0.2, 0) is 0 Å². The number of hydrogen-bond donors (Lipinski definition) is 3. The molecule has 0 spiro atoms. The molecule has 5 nitrogen and oxygen atoms in total. The quantitative estimate of drug-likeness (QED) is 0.328. The molecule has 0 unspecified atom stereocenters. The number of benzene rings is 3. The predicted octanol–water partition coefficient (Wildman–Crippen LogP) is 5.78. The van der Waals surface area contributed by atoms with Gasteiger partial charge in [-0.05, 0) is 42.0 Å². The molecule has 0 amide bonds. The van der Waals surface area contributed by atoms with Crippen molar-refractivity contribution in [2.45, 2.75) is 0 Å². The number of para-hydroxylation sites is 1. The molecule has 5 aromatic rings. The van der Waals surface area contributed by atoms with Crippen molar-refractivity contribution in [3.05, 3.63) is 83.9 Å². The van der Waals surface area contributed by atoms with E-state index in [-0.39, 0.29) is 5.95 Å². The minimum absolute atomic E-state index is 0.215. The molecule has 2 heterocycles. The van der Waals surface area contributed by atoms with Crippen LogP contribution in [0.15, 0.2) is 78.9 Å². The van der Waals surface area contributed by atoms with Gasteiger partial charge in [0.15, 0.2) is 0 Å². The van der Waals surface area contributed by atoms with E-state index in [0.29, 0.717) is 10.7 Å². The number of rotatable bonds is 3. The van der Waals surface area contributed by atoms with Crippen LogP contribution in [0.1, 0.15) is 0 Å². The summed E-state index contributed by atoms with van der Waals surface area (Å²) in [5.74, 6) is 0.215. The summed E-state index contributed by atoms with van der Waals surface area (Å²) in [5, 5.41) is 1.75. The van der Waals surface area contributed by atoms with Gasteiger partial charge in [-0.3, -0.25) is 0 Å². The molecule has 5 N–H and O–H groups in total. The zero-order chi connectivity index (χ0) is 20.7. The van der Waals surface area contributed by atoms with Gasteiger partial charge in [-0.15, -0.1) is 0 Å². The molecule has 146 valence electrons. The molecule has 5 rings (SSSR count). The van der Waals surface area contributed by atoms with Crippen LogP contribution in [0, 0.1) is 0 Å². The fourth-order valence-corrected chi connectivity index (χ4v) is 3.76. The molecule has 0 aliphatic heterocycles. The fourth-order valence-electron chi connectivity index (χ4n) is 3.64. The number of hydrogen-bond acceptors (Lipinski definition) is 4. The molecule has 2 aromatic heterocycles. The Hall–Kier alpha value is -3.83. The Kier molecular flexibility index (Phi) is 4.38. The van der Waals surface area contributed by atoms with E-state index in [9.17, 15) is 0 Å². The van der Waals surface area contributed by atoms with Gasteiger partial charge in [0, 0.05) is 32.7 Å². The Morgan fingerprint density at radius 1 is 0.733 bits per heavy atom. The van der Waals surface area contributed by atoms with Crippen LogP contribution >= 0.6 is 11.6 Å². The van der Waals surface area contributed by atoms with Gasteiger partial charge in [0.2, 0.25) is 5.95 Å². The van der Waals surface area contributed by atoms with Gasteiger partial charge in [0.05, 0.1) is 17.1 Å². The highest BCUT2D eigenvalue weighted by molar-refractivity contribution is 6.30. The zero-order valence-corrected chi connectivity index (χ0v) is 16.7. The van der Waals surface area contributed by atoms with Gasteiger partial charge in [-0.25, -0.2) is 9.97 Å². The first kappa shape index (κ1) is 18.2. The molecular formula is C24H18ClN5. The average Bonchev–Trinajstić information content (AvgIpc) is 3.14. The number of fused-ring (bicyclic) bond motifs is 1. The second-order valence-electron chi connectivity index (χ2n) is 7.05. The molecule has 0 fully saturated rings. The van der Waals surface area contributed by atoms with Crippen molar-refractivity contribution in [3.8, 4) is 33.8 Å². The summed E-state index contributed by atoms with van der Waals surface area (Å²) < 4.78 is 0. The molecule has 3 aromatic carbocycles. The summed E-state index contributed by atoms with van der Waals surface area (Å²) >= 11 is 6.10. The zero-order valence-electron chi connectivity index (χ0n) is 15.9. The number of aromatic nitrogens is 3. The Balaban J connectivity index is 1.76. The van der Waals surface area contributed by atoms with Gasteiger partial charge < -0.3 is 16.5 Å². The summed E-state index contributed by atoms with van der Waals surface area (Å²) in [5.41, 5.74) is 19.0. The number of nitrogens with zero attached hydrogens (tertiary/aromatic N) is 2. The lowest BCUT2D eigenvalue weighted by Crippen LogP contribution is -1.99. The van der Waals surface area contributed by atoms with E-state index in [1.807, 2.05) is 72.8 Å². The number of halogens is 1. The summed E-state index contributed by atoms with van der Waals surface area (Å²) in [6.07, 6.45) is 0. The predicted molar refractivity (Wildman–Crippen MR) is 124 cm³/mol. The molecule has 0 atom stereocenters. The maximum Gasteiger partial charge on any atom is 0.221 e. The van der Waals surface area contributed by atoms with Gasteiger partial charge >= 0.3 is 0 Å². The van der Waals surface area contributed by atoms with Gasteiger partial charge in [0.25, 0.3) is 0 Å². The topological polar surface area (TPSA) is 93.6 Å². The maximum atomic E-state index is 6.11. The normalized spacial score (nSPS) is 11.1. The smallest absolute Gasteiger partial charge is 0.221 e. The van der Waals surface area contributed by atoms with Crippen molar-refractivity contribution in [3.63, 3.8) is 0 Å².